The van der Waals surface area contributed by atoms with Gasteiger partial charge in [0.05, 0.1) is 16.6 Å². The van der Waals surface area contributed by atoms with Gasteiger partial charge in [0.2, 0.25) is 0 Å². The lowest BCUT2D eigenvalue weighted by Crippen LogP contribution is -1.98. The molecule has 138 valence electrons. The van der Waals surface area contributed by atoms with Crippen LogP contribution in [0.4, 0.5) is 0 Å². The first-order valence-electron chi connectivity index (χ1n) is 9.50. The monoisotopic (exact) mass is 385 g/mol. The molecule has 0 radical (unpaired) electrons. The molecule has 0 aliphatic carbocycles. The normalized spacial score (nSPS) is 12.0. The summed E-state index contributed by atoms with van der Waals surface area (Å²) < 4.78 is 0. The van der Waals surface area contributed by atoms with Crippen LogP contribution in [0.3, 0.4) is 0 Å². The van der Waals surface area contributed by atoms with Crippen molar-refractivity contribution in [3.05, 3.63) is 67.4 Å². The van der Waals surface area contributed by atoms with E-state index < -0.39 is 0 Å². The van der Waals surface area contributed by atoms with Crippen molar-refractivity contribution in [3.63, 3.8) is 0 Å². The third-order valence-electron chi connectivity index (χ3n) is 5.47. The average molecular weight is 385 g/mol. The third kappa shape index (κ3) is 1.90. The number of rotatable bonds is 0. The van der Waals surface area contributed by atoms with Crippen LogP contribution >= 0.6 is 0 Å². The fourth-order valence-corrected chi connectivity index (χ4v) is 4.22. The molecule has 7 nitrogen and oxygen atoms in total. The molecular formula is C23H11N7. The van der Waals surface area contributed by atoms with E-state index in [1.807, 2.05) is 24.3 Å². The summed E-state index contributed by atoms with van der Waals surface area (Å²) in [6, 6.07) is 12.1. The van der Waals surface area contributed by atoms with Crippen molar-refractivity contribution in [1.82, 2.24) is 34.9 Å². The molecule has 0 saturated heterocycles. The van der Waals surface area contributed by atoms with Crippen molar-refractivity contribution in [3.8, 4) is 0 Å². The SMILES string of the molecule is c1ccc2c(c1)c1ncccc1c1nc3c4nccnc4c4nccnc4c3nc21. The van der Waals surface area contributed by atoms with Crippen molar-refractivity contribution in [2.24, 2.45) is 0 Å². The molecule has 0 fully saturated rings. The second-order valence-corrected chi connectivity index (χ2v) is 7.07. The Kier molecular flexibility index (Phi) is 2.88. The Morgan fingerprint density at radius 1 is 0.333 bits per heavy atom. The molecule has 7 rings (SSSR count). The molecule has 4 heterocycles. The summed E-state index contributed by atoms with van der Waals surface area (Å²) in [5.74, 6) is 0. The van der Waals surface area contributed by atoms with E-state index in [0.29, 0.717) is 33.1 Å². The summed E-state index contributed by atoms with van der Waals surface area (Å²) in [7, 11) is 0. The summed E-state index contributed by atoms with van der Waals surface area (Å²) in [6.45, 7) is 0. The standard InChI is InChI=1S/C23H11N7/c1-2-5-13-12(4-1)15-14(6-3-7-24-15)17-16(13)29-22-20-18(25-8-10-27-20)19-21(23(22)30-17)28-11-9-26-19/h1-11H. The zero-order valence-corrected chi connectivity index (χ0v) is 15.5. The molecule has 3 aromatic carbocycles. The van der Waals surface area contributed by atoms with Crippen molar-refractivity contribution < 1.29 is 0 Å². The molecule has 30 heavy (non-hydrogen) atoms. The van der Waals surface area contributed by atoms with E-state index in [9.17, 15) is 0 Å². The third-order valence-corrected chi connectivity index (χ3v) is 5.47. The molecule has 0 unspecified atom stereocenters. The van der Waals surface area contributed by atoms with Crippen LogP contribution in [0.5, 0.6) is 0 Å². The minimum Gasteiger partial charge on any atom is -0.256 e. The molecule has 0 amide bonds. The zero-order valence-electron chi connectivity index (χ0n) is 15.5. The molecule has 7 aromatic rings. The number of benzene rings is 3. The van der Waals surface area contributed by atoms with Crippen LogP contribution in [0, 0.1) is 0 Å². The van der Waals surface area contributed by atoms with Gasteiger partial charge >= 0.3 is 0 Å². The highest BCUT2D eigenvalue weighted by molar-refractivity contribution is 6.25. The van der Waals surface area contributed by atoms with Crippen LogP contribution in [-0.2, 0) is 0 Å². The number of aromatic nitrogens is 7. The lowest BCUT2D eigenvalue weighted by Gasteiger charge is -2.11. The Labute approximate surface area is 168 Å². The number of fused-ring (bicyclic) bond motifs is 12. The largest absolute Gasteiger partial charge is 0.256 e. The van der Waals surface area contributed by atoms with Gasteiger partial charge in [-0.2, -0.15) is 0 Å². The summed E-state index contributed by atoms with van der Waals surface area (Å²) in [6.07, 6.45) is 8.45. The number of pyridine rings is 1. The summed E-state index contributed by atoms with van der Waals surface area (Å²) >= 11 is 0. The maximum atomic E-state index is 5.07. The Bertz CT molecular complexity index is 1550. The lowest BCUT2D eigenvalue weighted by atomic mass is 10.0. The highest BCUT2D eigenvalue weighted by Crippen LogP contribution is 2.35. The van der Waals surface area contributed by atoms with E-state index in [1.165, 1.54) is 0 Å². The van der Waals surface area contributed by atoms with Gasteiger partial charge in [0.1, 0.15) is 33.1 Å². The maximum absolute atomic E-state index is 5.07. The van der Waals surface area contributed by atoms with E-state index in [-0.39, 0.29) is 0 Å². The van der Waals surface area contributed by atoms with Gasteiger partial charge in [-0.05, 0) is 12.1 Å². The fraction of sp³-hybridized carbons (Fsp3) is 0. The van der Waals surface area contributed by atoms with Crippen LogP contribution in [0.15, 0.2) is 67.4 Å². The lowest BCUT2D eigenvalue weighted by molar-refractivity contribution is 1.26. The molecule has 7 heteroatoms. The minimum absolute atomic E-state index is 0.666. The first-order chi connectivity index (χ1) is 14.9. The van der Waals surface area contributed by atoms with Crippen LogP contribution < -0.4 is 0 Å². The fourth-order valence-electron chi connectivity index (χ4n) is 4.22. The second-order valence-electron chi connectivity index (χ2n) is 7.07. The van der Waals surface area contributed by atoms with Gasteiger partial charge in [-0.3, -0.25) is 24.9 Å². The average Bonchev–Trinajstić information content (AvgIpc) is 2.83. The first-order valence-corrected chi connectivity index (χ1v) is 9.50. The van der Waals surface area contributed by atoms with Gasteiger partial charge in [-0.15, -0.1) is 0 Å². The summed E-state index contributed by atoms with van der Waals surface area (Å²) in [5, 5.41) is 3.01. The molecule has 0 aliphatic rings. The van der Waals surface area contributed by atoms with Crippen LogP contribution in [-0.4, -0.2) is 34.9 Å². The Balaban J connectivity index is 1.86. The molecule has 0 saturated carbocycles. The molecule has 0 spiro atoms. The van der Waals surface area contributed by atoms with E-state index in [4.69, 9.17) is 9.97 Å². The Morgan fingerprint density at radius 3 is 1.37 bits per heavy atom. The number of hydrogen-bond acceptors (Lipinski definition) is 7. The van der Waals surface area contributed by atoms with E-state index in [0.717, 1.165) is 32.7 Å². The second kappa shape index (κ2) is 5.57. The molecule has 0 bridgehead atoms. The summed E-state index contributed by atoms with van der Waals surface area (Å²) in [5.41, 5.74) is 6.54. The Hall–Kier alpha value is -4.39. The first kappa shape index (κ1) is 15.5. The maximum Gasteiger partial charge on any atom is 0.120 e. The summed E-state index contributed by atoms with van der Waals surface area (Å²) in [4.78, 5) is 32.9. The topological polar surface area (TPSA) is 90.2 Å². The number of nitrogens with zero attached hydrogens (tertiary/aromatic N) is 7. The van der Waals surface area contributed by atoms with Crippen molar-refractivity contribution in [1.29, 1.82) is 0 Å². The van der Waals surface area contributed by atoms with Crippen LogP contribution in [0.1, 0.15) is 0 Å². The van der Waals surface area contributed by atoms with Gasteiger partial charge in [0.15, 0.2) is 0 Å². The predicted molar refractivity (Wildman–Crippen MR) is 116 cm³/mol. The van der Waals surface area contributed by atoms with Crippen molar-refractivity contribution in [2.75, 3.05) is 0 Å². The highest BCUT2D eigenvalue weighted by atomic mass is 14.9. The molecule has 0 aliphatic heterocycles. The molecule has 0 atom stereocenters. The van der Waals surface area contributed by atoms with Gasteiger partial charge < -0.3 is 0 Å². The molecule has 4 aromatic heterocycles. The Morgan fingerprint density at radius 2 is 0.767 bits per heavy atom. The van der Waals surface area contributed by atoms with Crippen molar-refractivity contribution >= 4 is 65.8 Å². The van der Waals surface area contributed by atoms with Crippen LogP contribution in [0.25, 0.3) is 65.8 Å². The smallest absolute Gasteiger partial charge is 0.120 e. The highest BCUT2D eigenvalue weighted by Gasteiger charge is 2.18. The van der Waals surface area contributed by atoms with Gasteiger partial charge in [0.25, 0.3) is 0 Å². The van der Waals surface area contributed by atoms with Crippen LogP contribution in [0.2, 0.25) is 0 Å². The van der Waals surface area contributed by atoms with Crippen molar-refractivity contribution in [2.45, 2.75) is 0 Å². The van der Waals surface area contributed by atoms with Gasteiger partial charge in [-0.1, -0.05) is 24.3 Å². The molecular weight excluding hydrogens is 374 g/mol. The van der Waals surface area contributed by atoms with Gasteiger partial charge in [0, 0.05) is 47.1 Å². The minimum atomic E-state index is 0.666. The molecule has 0 N–H and O–H groups in total. The van der Waals surface area contributed by atoms with Gasteiger partial charge in [-0.25, -0.2) is 9.97 Å². The predicted octanol–water partition coefficient (Wildman–Crippen LogP) is 4.37. The zero-order chi connectivity index (χ0) is 19.7. The van der Waals surface area contributed by atoms with E-state index in [1.54, 1.807) is 31.0 Å². The quantitative estimate of drug-likeness (QED) is 0.283. The number of hydrogen-bond donors (Lipinski definition) is 0. The van der Waals surface area contributed by atoms with E-state index in [2.05, 4.69) is 37.1 Å². The van der Waals surface area contributed by atoms with E-state index >= 15 is 0 Å².